The summed E-state index contributed by atoms with van der Waals surface area (Å²) < 4.78 is 6.55. The van der Waals surface area contributed by atoms with Crippen molar-refractivity contribution in [3.63, 3.8) is 0 Å². The van der Waals surface area contributed by atoms with Gasteiger partial charge in [-0.05, 0) is 38.0 Å². The summed E-state index contributed by atoms with van der Waals surface area (Å²) in [6.45, 7) is 8.23. The topological polar surface area (TPSA) is 76.5 Å². The summed E-state index contributed by atoms with van der Waals surface area (Å²) in [6, 6.07) is 8.88. The molecule has 1 aromatic heterocycles. The van der Waals surface area contributed by atoms with E-state index in [0.29, 0.717) is 17.1 Å². The summed E-state index contributed by atoms with van der Waals surface area (Å²) >= 11 is 5.57. The molecule has 0 radical (unpaired) electrons. The Bertz CT molecular complexity index is 1020. The van der Waals surface area contributed by atoms with Crippen molar-refractivity contribution in [1.29, 1.82) is 0 Å². The lowest BCUT2D eigenvalue weighted by Gasteiger charge is -2.44. The van der Waals surface area contributed by atoms with Gasteiger partial charge >= 0.3 is 0 Å². The zero-order valence-electron chi connectivity index (χ0n) is 19.2. The second-order valence-electron chi connectivity index (χ2n) is 10.1. The molecule has 7 nitrogen and oxygen atoms in total. The van der Waals surface area contributed by atoms with Gasteiger partial charge in [0.2, 0.25) is 5.91 Å². The molecule has 0 bridgehead atoms. The average molecular weight is 459 g/mol. The molecule has 1 atom stereocenters. The molecule has 2 amide bonds. The van der Waals surface area contributed by atoms with Crippen LogP contribution in [0.5, 0.6) is 5.75 Å². The van der Waals surface area contributed by atoms with E-state index < -0.39 is 5.54 Å². The number of benzene rings is 1. The van der Waals surface area contributed by atoms with Crippen molar-refractivity contribution < 1.29 is 13.9 Å². The van der Waals surface area contributed by atoms with E-state index in [1.165, 1.54) is 6.42 Å². The van der Waals surface area contributed by atoms with Crippen LogP contribution in [0.1, 0.15) is 76.0 Å². The molecule has 1 aliphatic carbocycles. The SMILES string of the molecule is CC(C)(C)c1cc2n(n1)CC(C)(C(=O)NC1CCCCC1)N(c1cccc(OCl)c1)C2=O. The highest BCUT2D eigenvalue weighted by Crippen LogP contribution is 2.36. The van der Waals surface area contributed by atoms with Gasteiger partial charge in [0.05, 0.1) is 12.2 Å². The van der Waals surface area contributed by atoms with Gasteiger partial charge in [0.15, 0.2) is 0 Å². The van der Waals surface area contributed by atoms with Crippen molar-refractivity contribution >= 4 is 29.4 Å². The molecule has 2 aromatic rings. The number of carbonyl (C=O) groups is 2. The van der Waals surface area contributed by atoms with Crippen molar-refractivity contribution in [3.05, 3.63) is 41.7 Å². The number of aromatic nitrogens is 2. The molecule has 1 saturated carbocycles. The number of amides is 2. The van der Waals surface area contributed by atoms with Crippen molar-refractivity contribution in [2.24, 2.45) is 0 Å². The molecule has 4 rings (SSSR count). The van der Waals surface area contributed by atoms with Crippen LogP contribution in [0.3, 0.4) is 0 Å². The van der Waals surface area contributed by atoms with Crippen LogP contribution in [0, 0.1) is 0 Å². The molecule has 0 saturated heterocycles. The number of hydrogen-bond acceptors (Lipinski definition) is 4. The van der Waals surface area contributed by atoms with Gasteiger partial charge < -0.3 is 9.61 Å². The summed E-state index contributed by atoms with van der Waals surface area (Å²) in [4.78, 5) is 29.0. The van der Waals surface area contributed by atoms with Crippen molar-refractivity contribution in [2.75, 3.05) is 4.90 Å². The van der Waals surface area contributed by atoms with E-state index in [1.54, 1.807) is 40.8 Å². The Morgan fingerprint density at radius 1 is 1.22 bits per heavy atom. The number of rotatable bonds is 4. The number of hydrogen-bond donors (Lipinski definition) is 1. The minimum Gasteiger partial charge on any atom is -0.386 e. The molecule has 1 N–H and O–H groups in total. The van der Waals surface area contributed by atoms with E-state index in [4.69, 9.17) is 21.3 Å². The van der Waals surface area contributed by atoms with Gasteiger partial charge in [-0.1, -0.05) is 46.1 Å². The van der Waals surface area contributed by atoms with Crippen LogP contribution in [0.25, 0.3) is 0 Å². The molecule has 8 heteroatoms. The lowest BCUT2D eigenvalue weighted by Crippen LogP contribution is -2.65. The zero-order chi connectivity index (χ0) is 23.1. The highest BCUT2D eigenvalue weighted by Gasteiger charge is 2.49. The molecule has 1 aliphatic heterocycles. The quantitative estimate of drug-likeness (QED) is 0.727. The maximum Gasteiger partial charge on any atom is 0.277 e. The van der Waals surface area contributed by atoms with Crippen molar-refractivity contribution in [2.45, 2.75) is 83.3 Å². The Morgan fingerprint density at radius 3 is 2.59 bits per heavy atom. The van der Waals surface area contributed by atoms with E-state index >= 15 is 0 Å². The van der Waals surface area contributed by atoms with Gasteiger partial charge in [0.1, 0.15) is 28.8 Å². The lowest BCUT2D eigenvalue weighted by atomic mass is 9.90. The molecular formula is C24H31ClN4O3. The van der Waals surface area contributed by atoms with Gasteiger partial charge in [-0.25, -0.2) is 0 Å². The van der Waals surface area contributed by atoms with Gasteiger partial charge in [-0.2, -0.15) is 5.10 Å². The third-order valence-electron chi connectivity index (χ3n) is 6.52. The van der Waals surface area contributed by atoms with Gasteiger partial charge in [0.25, 0.3) is 5.91 Å². The largest absolute Gasteiger partial charge is 0.386 e. The molecular weight excluding hydrogens is 428 g/mol. The first kappa shape index (κ1) is 22.6. The summed E-state index contributed by atoms with van der Waals surface area (Å²) in [7, 11) is 0. The highest BCUT2D eigenvalue weighted by molar-refractivity contribution is 6.12. The molecule has 1 fully saturated rings. The Hall–Kier alpha value is -2.54. The highest BCUT2D eigenvalue weighted by atomic mass is 35.5. The smallest absolute Gasteiger partial charge is 0.277 e. The monoisotopic (exact) mass is 458 g/mol. The summed E-state index contributed by atoms with van der Waals surface area (Å²) in [5.41, 5.74) is 0.459. The van der Waals surface area contributed by atoms with E-state index in [9.17, 15) is 9.59 Å². The van der Waals surface area contributed by atoms with Crippen molar-refractivity contribution in [1.82, 2.24) is 15.1 Å². The second kappa shape index (κ2) is 8.43. The Kier molecular flexibility index (Phi) is 5.96. The van der Waals surface area contributed by atoms with Crippen LogP contribution in [-0.2, 0) is 16.8 Å². The maximum absolute atomic E-state index is 13.8. The summed E-state index contributed by atoms with van der Waals surface area (Å²) in [5, 5.41) is 7.92. The number of nitrogens with zero attached hydrogens (tertiary/aromatic N) is 3. The van der Waals surface area contributed by atoms with E-state index in [0.717, 1.165) is 31.4 Å². The first-order valence-corrected chi connectivity index (χ1v) is 11.6. The predicted molar refractivity (Wildman–Crippen MR) is 124 cm³/mol. The fourth-order valence-electron chi connectivity index (χ4n) is 4.61. The predicted octanol–water partition coefficient (Wildman–Crippen LogP) is 4.58. The fourth-order valence-corrected chi connectivity index (χ4v) is 4.71. The number of anilines is 1. The van der Waals surface area contributed by atoms with Crippen LogP contribution in [0.15, 0.2) is 30.3 Å². The van der Waals surface area contributed by atoms with E-state index in [2.05, 4.69) is 26.1 Å². The third-order valence-corrected chi connectivity index (χ3v) is 6.69. The number of carbonyl (C=O) groups excluding carboxylic acids is 2. The number of fused-ring (bicyclic) bond motifs is 1. The van der Waals surface area contributed by atoms with Gasteiger partial charge in [-0.15, -0.1) is 0 Å². The standard InChI is InChI=1S/C24H31ClN4O3/c1-23(2,3)20-14-19-21(30)29(17-11-8-12-18(13-17)32-25)24(4,15-28(19)27-20)22(31)26-16-9-6-5-7-10-16/h8,11-14,16H,5-7,9-10,15H2,1-4H3,(H,26,31). The average Bonchev–Trinajstić information content (AvgIpc) is 3.19. The van der Waals surface area contributed by atoms with E-state index in [1.807, 2.05) is 6.07 Å². The third kappa shape index (κ3) is 4.10. The summed E-state index contributed by atoms with van der Waals surface area (Å²) in [6.07, 6.45) is 5.35. The molecule has 0 spiro atoms. The first-order chi connectivity index (χ1) is 15.1. The normalized spacial score (nSPS) is 21.9. The Balaban J connectivity index is 1.78. The van der Waals surface area contributed by atoms with Crippen LogP contribution in [0.4, 0.5) is 5.69 Å². The van der Waals surface area contributed by atoms with Gasteiger partial charge in [0, 0.05) is 23.2 Å². The number of nitrogens with one attached hydrogen (secondary N) is 1. The van der Waals surface area contributed by atoms with Crippen LogP contribution < -0.4 is 14.5 Å². The lowest BCUT2D eigenvalue weighted by molar-refractivity contribution is -0.127. The Labute approximate surface area is 194 Å². The van der Waals surface area contributed by atoms with Gasteiger partial charge in [-0.3, -0.25) is 19.2 Å². The second-order valence-corrected chi connectivity index (χ2v) is 10.3. The molecule has 32 heavy (non-hydrogen) atoms. The summed E-state index contributed by atoms with van der Waals surface area (Å²) in [5.74, 6) is -0.0397. The fraction of sp³-hybridized carbons (Fsp3) is 0.542. The molecule has 172 valence electrons. The maximum atomic E-state index is 13.8. The van der Waals surface area contributed by atoms with Crippen LogP contribution in [0.2, 0.25) is 0 Å². The zero-order valence-corrected chi connectivity index (χ0v) is 19.9. The van der Waals surface area contributed by atoms with Crippen LogP contribution >= 0.6 is 11.9 Å². The molecule has 2 aliphatic rings. The molecule has 2 heterocycles. The first-order valence-electron chi connectivity index (χ1n) is 11.3. The minimum atomic E-state index is -1.16. The van der Waals surface area contributed by atoms with E-state index in [-0.39, 0.29) is 29.8 Å². The number of halogens is 1. The van der Waals surface area contributed by atoms with Crippen LogP contribution in [-0.4, -0.2) is 33.2 Å². The molecule has 1 aromatic carbocycles. The molecule has 1 unspecified atom stereocenters. The van der Waals surface area contributed by atoms with Crippen molar-refractivity contribution in [3.8, 4) is 5.75 Å². The Morgan fingerprint density at radius 2 is 1.94 bits per heavy atom. The minimum absolute atomic E-state index is 0.131.